The molecule has 2 unspecified atom stereocenters. The lowest BCUT2D eigenvalue weighted by Crippen LogP contribution is -2.54. The highest BCUT2D eigenvalue weighted by Crippen LogP contribution is 2.25. The van der Waals surface area contributed by atoms with Crippen LogP contribution in [0.25, 0.3) is 0 Å². The summed E-state index contributed by atoms with van der Waals surface area (Å²) in [5.41, 5.74) is 0.360. The Morgan fingerprint density at radius 2 is 2.12 bits per heavy atom. The zero-order chi connectivity index (χ0) is 12.4. The van der Waals surface area contributed by atoms with E-state index in [0.29, 0.717) is 18.7 Å². The van der Waals surface area contributed by atoms with Crippen molar-refractivity contribution in [1.29, 1.82) is 0 Å². The number of carboxylic acids is 1. The average molecular weight is 303 g/mol. The molecule has 1 aliphatic rings. The van der Waals surface area contributed by atoms with Gasteiger partial charge in [0.1, 0.15) is 11.9 Å². The maximum absolute atomic E-state index is 13.7. The van der Waals surface area contributed by atoms with E-state index in [1.807, 2.05) is 0 Å². The van der Waals surface area contributed by atoms with Gasteiger partial charge in [0.05, 0.1) is 6.04 Å². The molecule has 92 valence electrons. The van der Waals surface area contributed by atoms with Gasteiger partial charge in [-0.1, -0.05) is 15.9 Å². The van der Waals surface area contributed by atoms with Gasteiger partial charge in [-0.15, -0.1) is 0 Å². The van der Waals surface area contributed by atoms with Crippen LogP contribution >= 0.6 is 15.9 Å². The minimum absolute atomic E-state index is 0.360. The molecule has 0 aromatic heterocycles. The SMILES string of the molecule is O=C(O)C1NCCNC1c1cc(Br)ccc1F. The highest BCUT2D eigenvalue weighted by molar-refractivity contribution is 9.10. The number of halogens is 2. The van der Waals surface area contributed by atoms with Gasteiger partial charge in [-0.2, -0.15) is 0 Å². The van der Waals surface area contributed by atoms with E-state index in [-0.39, 0.29) is 0 Å². The van der Waals surface area contributed by atoms with Gasteiger partial charge >= 0.3 is 5.97 Å². The first-order chi connectivity index (χ1) is 8.09. The largest absolute Gasteiger partial charge is 0.480 e. The summed E-state index contributed by atoms with van der Waals surface area (Å²) in [7, 11) is 0. The lowest BCUT2D eigenvalue weighted by molar-refractivity contribution is -0.140. The van der Waals surface area contributed by atoms with Crippen LogP contribution in [0.15, 0.2) is 22.7 Å². The second kappa shape index (κ2) is 5.12. The van der Waals surface area contributed by atoms with Crippen molar-refractivity contribution < 1.29 is 14.3 Å². The summed E-state index contributed by atoms with van der Waals surface area (Å²) in [4.78, 5) is 11.1. The van der Waals surface area contributed by atoms with E-state index in [1.54, 1.807) is 12.1 Å². The summed E-state index contributed by atoms with van der Waals surface area (Å²) >= 11 is 3.26. The fourth-order valence-corrected chi connectivity index (χ4v) is 2.34. The van der Waals surface area contributed by atoms with Crippen LogP contribution in [0.1, 0.15) is 11.6 Å². The Hall–Kier alpha value is -0.980. The molecule has 1 fully saturated rings. The molecule has 3 N–H and O–H groups in total. The van der Waals surface area contributed by atoms with Crippen LogP contribution in [0.4, 0.5) is 4.39 Å². The van der Waals surface area contributed by atoms with Crippen LogP contribution < -0.4 is 10.6 Å². The van der Waals surface area contributed by atoms with Crippen molar-refractivity contribution in [2.24, 2.45) is 0 Å². The lowest BCUT2D eigenvalue weighted by Gasteiger charge is -2.31. The zero-order valence-corrected chi connectivity index (χ0v) is 10.5. The minimum Gasteiger partial charge on any atom is -0.480 e. The third kappa shape index (κ3) is 2.65. The van der Waals surface area contributed by atoms with Crippen molar-refractivity contribution >= 4 is 21.9 Å². The van der Waals surface area contributed by atoms with Crippen LogP contribution in [-0.4, -0.2) is 30.2 Å². The summed E-state index contributed by atoms with van der Waals surface area (Å²) in [5.74, 6) is -1.39. The first-order valence-corrected chi connectivity index (χ1v) is 6.03. The number of hydrogen-bond acceptors (Lipinski definition) is 3. The van der Waals surface area contributed by atoms with Crippen molar-refractivity contribution in [2.45, 2.75) is 12.1 Å². The Bertz CT molecular complexity index is 441. The molecule has 17 heavy (non-hydrogen) atoms. The van der Waals surface area contributed by atoms with E-state index in [0.717, 1.165) is 4.47 Å². The summed E-state index contributed by atoms with van der Waals surface area (Å²) in [6.07, 6.45) is 0. The van der Waals surface area contributed by atoms with Crippen LogP contribution in [-0.2, 0) is 4.79 Å². The molecule has 2 rings (SSSR count). The summed E-state index contributed by atoms with van der Waals surface area (Å²) in [5, 5.41) is 15.0. The first-order valence-electron chi connectivity index (χ1n) is 5.24. The van der Waals surface area contributed by atoms with Crippen molar-refractivity contribution in [1.82, 2.24) is 10.6 Å². The number of aliphatic carboxylic acids is 1. The van der Waals surface area contributed by atoms with Crippen molar-refractivity contribution in [3.63, 3.8) is 0 Å². The van der Waals surface area contributed by atoms with E-state index in [2.05, 4.69) is 26.6 Å². The number of hydrogen-bond donors (Lipinski definition) is 3. The monoisotopic (exact) mass is 302 g/mol. The number of piperazine rings is 1. The summed E-state index contributed by atoms with van der Waals surface area (Å²) in [6.45, 7) is 1.17. The van der Waals surface area contributed by atoms with Gasteiger partial charge < -0.3 is 15.7 Å². The van der Waals surface area contributed by atoms with Crippen molar-refractivity contribution in [3.8, 4) is 0 Å². The third-order valence-electron chi connectivity index (χ3n) is 2.75. The van der Waals surface area contributed by atoms with Crippen LogP contribution in [0.2, 0.25) is 0 Å². The highest BCUT2D eigenvalue weighted by Gasteiger charge is 2.33. The maximum atomic E-state index is 13.7. The van der Waals surface area contributed by atoms with Gasteiger partial charge in [0.25, 0.3) is 0 Å². The quantitative estimate of drug-likeness (QED) is 0.770. The molecule has 0 aliphatic carbocycles. The van der Waals surface area contributed by atoms with E-state index < -0.39 is 23.9 Å². The molecule has 0 spiro atoms. The molecule has 0 amide bonds. The minimum atomic E-state index is -0.985. The Labute approximate surface area is 106 Å². The fourth-order valence-electron chi connectivity index (χ4n) is 1.96. The molecular weight excluding hydrogens is 291 g/mol. The van der Waals surface area contributed by atoms with Gasteiger partial charge in [0.2, 0.25) is 0 Å². The molecule has 2 atom stereocenters. The van der Waals surface area contributed by atoms with Crippen LogP contribution in [0.5, 0.6) is 0 Å². The maximum Gasteiger partial charge on any atom is 0.322 e. The summed E-state index contributed by atoms with van der Waals surface area (Å²) < 4.78 is 14.4. The molecule has 1 aromatic rings. The van der Waals surface area contributed by atoms with Gasteiger partial charge in [0, 0.05) is 23.1 Å². The highest BCUT2D eigenvalue weighted by atomic mass is 79.9. The van der Waals surface area contributed by atoms with E-state index in [1.165, 1.54) is 6.07 Å². The molecule has 1 saturated heterocycles. The fraction of sp³-hybridized carbons (Fsp3) is 0.364. The number of nitrogens with one attached hydrogen (secondary N) is 2. The average Bonchev–Trinajstić information content (AvgIpc) is 2.32. The molecular formula is C11H12BrFN2O2. The Balaban J connectivity index is 2.35. The Morgan fingerprint density at radius 1 is 1.41 bits per heavy atom. The summed E-state index contributed by atoms with van der Waals surface area (Å²) in [6, 6.07) is 3.15. The molecule has 1 aliphatic heterocycles. The van der Waals surface area contributed by atoms with E-state index >= 15 is 0 Å². The first kappa shape index (κ1) is 12.5. The molecule has 0 bridgehead atoms. The van der Waals surface area contributed by atoms with E-state index in [9.17, 15) is 9.18 Å². The number of carboxylic acid groups (broad SMARTS) is 1. The van der Waals surface area contributed by atoms with Gasteiger partial charge in [0.15, 0.2) is 0 Å². The Morgan fingerprint density at radius 3 is 2.82 bits per heavy atom. The smallest absolute Gasteiger partial charge is 0.322 e. The predicted octanol–water partition coefficient (Wildman–Crippen LogP) is 1.28. The van der Waals surface area contributed by atoms with E-state index in [4.69, 9.17) is 5.11 Å². The molecule has 0 radical (unpaired) electrons. The van der Waals surface area contributed by atoms with Crippen molar-refractivity contribution in [2.75, 3.05) is 13.1 Å². The van der Waals surface area contributed by atoms with Gasteiger partial charge in [-0.3, -0.25) is 4.79 Å². The lowest BCUT2D eigenvalue weighted by atomic mass is 9.97. The Kier molecular flexibility index (Phi) is 3.76. The van der Waals surface area contributed by atoms with Gasteiger partial charge in [-0.25, -0.2) is 4.39 Å². The topological polar surface area (TPSA) is 61.4 Å². The number of carbonyl (C=O) groups is 1. The number of rotatable bonds is 2. The van der Waals surface area contributed by atoms with Crippen molar-refractivity contribution in [3.05, 3.63) is 34.1 Å². The second-order valence-corrected chi connectivity index (χ2v) is 4.78. The molecule has 1 heterocycles. The molecule has 4 nitrogen and oxygen atoms in total. The molecule has 1 aromatic carbocycles. The van der Waals surface area contributed by atoms with Gasteiger partial charge in [-0.05, 0) is 18.2 Å². The van der Waals surface area contributed by atoms with Crippen LogP contribution in [0, 0.1) is 5.82 Å². The second-order valence-electron chi connectivity index (χ2n) is 3.87. The third-order valence-corrected chi connectivity index (χ3v) is 3.24. The standard InChI is InChI=1S/C11H12BrFN2O2/c12-6-1-2-8(13)7(5-6)9-10(11(16)17)15-4-3-14-9/h1-2,5,9-10,14-15H,3-4H2,(H,16,17). The normalized spacial score (nSPS) is 24.6. The number of benzene rings is 1. The molecule has 6 heteroatoms. The van der Waals surface area contributed by atoms with Crippen LogP contribution in [0.3, 0.4) is 0 Å². The zero-order valence-electron chi connectivity index (χ0n) is 8.91. The predicted molar refractivity (Wildman–Crippen MR) is 64.3 cm³/mol. The molecule has 0 saturated carbocycles.